The quantitative estimate of drug-likeness (QED) is 0.819. The number of rotatable bonds is 2. The zero-order valence-corrected chi connectivity index (χ0v) is 10.8. The van der Waals surface area contributed by atoms with Gasteiger partial charge >= 0.3 is 0 Å². The number of ether oxygens (including phenoxy) is 1. The number of benzene rings is 1. The molecule has 0 spiro atoms. The van der Waals surface area contributed by atoms with Gasteiger partial charge in [0.15, 0.2) is 0 Å². The first-order valence-corrected chi connectivity index (χ1v) is 5.80. The third kappa shape index (κ3) is 2.61. The van der Waals surface area contributed by atoms with E-state index in [-0.39, 0.29) is 0 Å². The van der Waals surface area contributed by atoms with Gasteiger partial charge in [0.05, 0.1) is 6.20 Å². The maximum Gasteiger partial charge on any atom is 0.146 e. The van der Waals surface area contributed by atoms with Crippen molar-refractivity contribution in [2.75, 3.05) is 0 Å². The second-order valence-electron chi connectivity index (χ2n) is 3.71. The smallest absolute Gasteiger partial charge is 0.146 e. The molecule has 2 rings (SSSR count). The Labute approximate surface area is 103 Å². The van der Waals surface area contributed by atoms with Crippen LogP contribution in [0, 0.1) is 13.8 Å². The van der Waals surface area contributed by atoms with E-state index in [1.165, 1.54) is 5.56 Å². The van der Waals surface area contributed by atoms with Crippen molar-refractivity contribution in [3.8, 4) is 11.5 Å². The highest BCUT2D eigenvalue weighted by Gasteiger charge is 2.02. The molecular formula is C13H12BrNO. The molecule has 2 aromatic rings. The fraction of sp³-hybridized carbons (Fsp3) is 0.154. The lowest BCUT2D eigenvalue weighted by Crippen LogP contribution is -1.89. The molecule has 82 valence electrons. The fourth-order valence-electron chi connectivity index (χ4n) is 1.49. The molecule has 0 aliphatic carbocycles. The molecule has 1 heterocycles. The summed E-state index contributed by atoms with van der Waals surface area (Å²) in [6.07, 6.45) is 3.43. The third-order valence-corrected chi connectivity index (χ3v) is 2.67. The minimum absolute atomic E-state index is 0.737. The van der Waals surface area contributed by atoms with Crippen molar-refractivity contribution in [3.05, 3.63) is 52.3 Å². The first kappa shape index (κ1) is 11.1. The molecule has 0 unspecified atom stereocenters. The maximum absolute atomic E-state index is 5.75. The van der Waals surface area contributed by atoms with E-state index in [4.69, 9.17) is 4.74 Å². The zero-order chi connectivity index (χ0) is 11.5. The fourth-order valence-corrected chi connectivity index (χ4v) is 1.83. The van der Waals surface area contributed by atoms with Crippen LogP contribution in [0.3, 0.4) is 0 Å². The van der Waals surface area contributed by atoms with Crippen LogP contribution in [0.15, 0.2) is 41.1 Å². The number of hydrogen-bond donors (Lipinski definition) is 0. The molecule has 1 aromatic carbocycles. The van der Waals surface area contributed by atoms with E-state index in [0.29, 0.717) is 0 Å². The van der Waals surface area contributed by atoms with Crippen LogP contribution in [0.1, 0.15) is 11.1 Å². The lowest BCUT2D eigenvalue weighted by atomic mass is 10.1. The van der Waals surface area contributed by atoms with Gasteiger partial charge in [-0.2, -0.15) is 0 Å². The molecule has 0 saturated heterocycles. The molecule has 0 saturated carbocycles. The molecule has 1 aromatic heterocycles. The molecule has 0 amide bonds. The lowest BCUT2D eigenvalue weighted by Gasteiger charge is -2.08. The lowest BCUT2D eigenvalue weighted by molar-refractivity contribution is 0.476. The monoisotopic (exact) mass is 277 g/mol. The first-order chi connectivity index (χ1) is 7.65. The highest BCUT2D eigenvalue weighted by molar-refractivity contribution is 9.10. The third-order valence-electron chi connectivity index (χ3n) is 2.24. The summed E-state index contributed by atoms with van der Waals surface area (Å²) < 4.78 is 6.66. The largest absolute Gasteiger partial charge is 0.455 e. The van der Waals surface area contributed by atoms with E-state index in [1.807, 2.05) is 25.1 Å². The van der Waals surface area contributed by atoms with Crippen molar-refractivity contribution >= 4 is 15.9 Å². The number of aryl methyl sites for hydroxylation is 2. The Morgan fingerprint density at radius 2 is 1.94 bits per heavy atom. The van der Waals surface area contributed by atoms with Gasteiger partial charge in [-0.1, -0.05) is 17.7 Å². The maximum atomic E-state index is 5.75. The molecule has 0 aliphatic rings. The number of hydrogen-bond acceptors (Lipinski definition) is 2. The Morgan fingerprint density at radius 3 is 2.62 bits per heavy atom. The van der Waals surface area contributed by atoms with Crippen LogP contribution < -0.4 is 4.74 Å². The van der Waals surface area contributed by atoms with Crippen molar-refractivity contribution in [1.82, 2.24) is 4.98 Å². The van der Waals surface area contributed by atoms with Crippen molar-refractivity contribution in [2.45, 2.75) is 13.8 Å². The van der Waals surface area contributed by atoms with Gasteiger partial charge in [-0.05, 0) is 47.5 Å². The summed E-state index contributed by atoms with van der Waals surface area (Å²) in [5.74, 6) is 1.60. The van der Waals surface area contributed by atoms with Gasteiger partial charge in [0.2, 0.25) is 0 Å². The van der Waals surface area contributed by atoms with Crippen molar-refractivity contribution in [2.24, 2.45) is 0 Å². The number of pyridine rings is 1. The molecular weight excluding hydrogens is 266 g/mol. The zero-order valence-electron chi connectivity index (χ0n) is 9.20. The first-order valence-electron chi connectivity index (χ1n) is 5.01. The molecule has 0 atom stereocenters. The topological polar surface area (TPSA) is 22.1 Å². The highest BCUT2D eigenvalue weighted by atomic mass is 79.9. The summed E-state index contributed by atoms with van der Waals surface area (Å²) in [5.41, 5.74) is 2.36. The molecule has 16 heavy (non-hydrogen) atoms. The molecule has 0 fully saturated rings. The van der Waals surface area contributed by atoms with Crippen LogP contribution in [0.25, 0.3) is 0 Å². The van der Waals surface area contributed by atoms with E-state index in [9.17, 15) is 0 Å². The van der Waals surface area contributed by atoms with Crippen LogP contribution in [0.4, 0.5) is 0 Å². The second-order valence-corrected chi connectivity index (χ2v) is 4.63. The summed E-state index contributed by atoms with van der Waals surface area (Å²) in [5, 5.41) is 0. The molecule has 0 N–H and O–H groups in total. The Morgan fingerprint density at radius 1 is 1.12 bits per heavy atom. The van der Waals surface area contributed by atoms with E-state index in [2.05, 4.69) is 33.9 Å². The Hall–Kier alpha value is -1.35. The van der Waals surface area contributed by atoms with E-state index in [1.54, 1.807) is 12.4 Å². The van der Waals surface area contributed by atoms with Crippen LogP contribution in [-0.4, -0.2) is 4.98 Å². The molecule has 3 heteroatoms. The minimum Gasteiger partial charge on any atom is -0.455 e. The van der Waals surface area contributed by atoms with E-state index < -0.39 is 0 Å². The van der Waals surface area contributed by atoms with Crippen molar-refractivity contribution in [1.29, 1.82) is 0 Å². The Kier molecular flexibility index (Phi) is 3.25. The van der Waals surface area contributed by atoms with Crippen molar-refractivity contribution in [3.63, 3.8) is 0 Å². The van der Waals surface area contributed by atoms with Crippen LogP contribution in [0.2, 0.25) is 0 Å². The molecule has 2 nitrogen and oxygen atoms in total. The average Bonchev–Trinajstić information content (AvgIpc) is 2.22. The average molecular weight is 278 g/mol. The van der Waals surface area contributed by atoms with Crippen LogP contribution in [0.5, 0.6) is 11.5 Å². The summed E-state index contributed by atoms with van der Waals surface area (Å²) in [7, 11) is 0. The predicted molar refractivity (Wildman–Crippen MR) is 67.9 cm³/mol. The van der Waals surface area contributed by atoms with Gasteiger partial charge in [0, 0.05) is 10.7 Å². The van der Waals surface area contributed by atoms with Gasteiger partial charge in [-0.25, -0.2) is 0 Å². The predicted octanol–water partition coefficient (Wildman–Crippen LogP) is 4.25. The second kappa shape index (κ2) is 4.66. The van der Waals surface area contributed by atoms with Crippen LogP contribution in [-0.2, 0) is 0 Å². The van der Waals surface area contributed by atoms with Gasteiger partial charge in [0.1, 0.15) is 11.5 Å². The minimum atomic E-state index is 0.737. The summed E-state index contributed by atoms with van der Waals surface area (Å²) >= 11 is 3.36. The van der Waals surface area contributed by atoms with Gasteiger partial charge < -0.3 is 4.74 Å². The Bertz CT molecular complexity index is 511. The SMILES string of the molecule is Cc1ccc(Oc2cncc(Br)c2)c(C)c1. The summed E-state index contributed by atoms with van der Waals surface area (Å²) in [6, 6.07) is 8.01. The summed E-state index contributed by atoms with van der Waals surface area (Å²) in [6.45, 7) is 4.10. The van der Waals surface area contributed by atoms with Gasteiger partial charge in [-0.3, -0.25) is 4.98 Å². The van der Waals surface area contributed by atoms with Crippen LogP contribution >= 0.6 is 15.9 Å². The molecule has 0 aliphatic heterocycles. The standard InChI is InChI=1S/C13H12BrNO/c1-9-3-4-13(10(2)5-9)16-12-6-11(14)7-15-8-12/h3-8H,1-2H3. The number of aromatic nitrogens is 1. The Balaban J connectivity index is 2.27. The highest BCUT2D eigenvalue weighted by Crippen LogP contribution is 2.26. The van der Waals surface area contributed by atoms with Gasteiger partial charge in [-0.15, -0.1) is 0 Å². The van der Waals surface area contributed by atoms with E-state index in [0.717, 1.165) is 21.5 Å². The molecule has 0 radical (unpaired) electrons. The van der Waals surface area contributed by atoms with Gasteiger partial charge in [0.25, 0.3) is 0 Å². The van der Waals surface area contributed by atoms with E-state index >= 15 is 0 Å². The molecule has 0 bridgehead atoms. The number of nitrogens with zero attached hydrogens (tertiary/aromatic N) is 1. The van der Waals surface area contributed by atoms with Crippen molar-refractivity contribution < 1.29 is 4.74 Å². The summed E-state index contributed by atoms with van der Waals surface area (Å²) in [4.78, 5) is 4.06. The number of halogens is 1. The normalized spacial score (nSPS) is 10.2.